The van der Waals surface area contributed by atoms with E-state index in [1.807, 2.05) is 4.90 Å². The van der Waals surface area contributed by atoms with Gasteiger partial charge in [0.05, 0.1) is 22.4 Å². The summed E-state index contributed by atoms with van der Waals surface area (Å²) in [7, 11) is 0. The number of aliphatic hydroxyl groups excluding tert-OH is 1. The monoisotopic (exact) mass is 483 g/mol. The zero-order valence-corrected chi connectivity index (χ0v) is 18.1. The molecule has 0 spiro atoms. The summed E-state index contributed by atoms with van der Waals surface area (Å²) in [5.74, 6) is 0.589. The van der Waals surface area contributed by atoms with Gasteiger partial charge in [-0.3, -0.25) is 9.36 Å². The average molecular weight is 484 g/mol. The van der Waals surface area contributed by atoms with Crippen LogP contribution in [-0.2, 0) is 6.18 Å². The molecule has 1 saturated heterocycles. The molecule has 1 aliphatic rings. The van der Waals surface area contributed by atoms with Gasteiger partial charge in [-0.1, -0.05) is 23.2 Å². The fraction of sp³-hybridized carbons (Fsp3) is 0.273. The van der Waals surface area contributed by atoms with E-state index in [4.69, 9.17) is 23.2 Å². The Morgan fingerprint density at radius 1 is 1.00 bits per heavy atom. The fourth-order valence-electron chi connectivity index (χ4n) is 3.63. The van der Waals surface area contributed by atoms with Gasteiger partial charge in [0.2, 0.25) is 0 Å². The molecule has 0 radical (unpaired) electrons. The zero-order chi connectivity index (χ0) is 23.0. The zero-order valence-electron chi connectivity index (χ0n) is 16.6. The maximum absolute atomic E-state index is 13.2. The average Bonchev–Trinajstić information content (AvgIpc) is 2.73. The van der Waals surface area contributed by atoms with Crippen molar-refractivity contribution in [1.29, 1.82) is 0 Å². The predicted molar refractivity (Wildman–Crippen MR) is 118 cm³/mol. The Morgan fingerprint density at radius 3 is 2.25 bits per heavy atom. The summed E-state index contributed by atoms with van der Waals surface area (Å²) in [5.41, 5.74) is -0.664. The number of benzene rings is 2. The second-order valence-electron chi connectivity index (χ2n) is 7.50. The second kappa shape index (κ2) is 8.77. The van der Waals surface area contributed by atoms with Gasteiger partial charge in [-0.15, -0.1) is 0 Å². The van der Waals surface area contributed by atoms with Gasteiger partial charge in [0.1, 0.15) is 5.82 Å². The van der Waals surface area contributed by atoms with Crippen molar-refractivity contribution in [3.8, 4) is 17.1 Å². The molecule has 0 saturated carbocycles. The Labute approximate surface area is 191 Å². The molecule has 2 aromatic carbocycles. The lowest BCUT2D eigenvalue weighted by Gasteiger charge is -2.31. The van der Waals surface area contributed by atoms with Crippen LogP contribution in [0.3, 0.4) is 0 Å². The van der Waals surface area contributed by atoms with E-state index in [2.05, 4.69) is 4.98 Å². The lowest BCUT2D eigenvalue weighted by molar-refractivity contribution is -0.137. The molecule has 1 N–H and O–H groups in total. The summed E-state index contributed by atoms with van der Waals surface area (Å²) in [6.45, 7) is 1.04. The number of aliphatic hydroxyl groups is 1. The number of aromatic nitrogens is 2. The third-order valence-corrected chi connectivity index (χ3v) is 5.87. The minimum absolute atomic E-state index is 0.181. The maximum atomic E-state index is 13.2. The van der Waals surface area contributed by atoms with Crippen LogP contribution in [0.15, 0.2) is 53.3 Å². The van der Waals surface area contributed by atoms with Crippen molar-refractivity contribution in [2.24, 2.45) is 0 Å². The molecule has 0 atom stereocenters. The molecule has 4 rings (SSSR count). The van der Waals surface area contributed by atoms with Gasteiger partial charge in [0.15, 0.2) is 5.82 Å². The Bertz CT molecular complexity index is 1190. The Morgan fingerprint density at radius 2 is 1.66 bits per heavy atom. The van der Waals surface area contributed by atoms with Crippen LogP contribution in [0.25, 0.3) is 17.1 Å². The van der Waals surface area contributed by atoms with E-state index in [9.17, 15) is 23.1 Å². The topological polar surface area (TPSA) is 58.4 Å². The maximum Gasteiger partial charge on any atom is 0.416 e. The van der Waals surface area contributed by atoms with Crippen molar-refractivity contribution in [3.63, 3.8) is 0 Å². The van der Waals surface area contributed by atoms with Crippen molar-refractivity contribution < 1.29 is 18.3 Å². The highest BCUT2D eigenvalue weighted by Gasteiger charge is 2.30. The molecule has 1 fully saturated rings. The highest BCUT2D eigenvalue weighted by Crippen LogP contribution is 2.33. The van der Waals surface area contributed by atoms with Gasteiger partial charge >= 0.3 is 6.18 Å². The number of rotatable bonds is 3. The second-order valence-corrected chi connectivity index (χ2v) is 8.34. The SMILES string of the molecule is O=c1cc(N2CCC(O)CC2)nc(-c2ccc(Cl)cc2Cl)n1-c1ccc(C(F)(F)F)cc1. The van der Waals surface area contributed by atoms with Crippen LogP contribution in [0.4, 0.5) is 19.0 Å². The first kappa shape index (κ1) is 22.6. The standard InChI is InChI=1S/C22H18Cl2F3N3O2/c23-14-3-6-17(18(24)11-14)21-28-19(29-9-7-16(31)8-10-29)12-20(32)30(21)15-4-1-13(2-5-15)22(25,26)27/h1-6,11-12,16,31H,7-10H2. The van der Waals surface area contributed by atoms with Gasteiger partial charge in [-0.25, -0.2) is 4.98 Å². The molecule has 5 nitrogen and oxygen atoms in total. The van der Waals surface area contributed by atoms with E-state index in [0.717, 1.165) is 12.1 Å². The molecular formula is C22H18Cl2F3N3O2. The van der Waals surface area contributed by atoms with E-state index >= 15 is 0 Å². The molecule has 0 amide bonds. The highest BCUT2D eigenvalue weighted by atomic mass is 35.5. The summed E-state index contributed by atoms with van der Waals surface area (Å²) in [4.78, 5) is 19.7. The smallest absolute Gasteiger partial charge is 0.393 e. The van der Waals surface area contributed by atoms with E-state index in [1.165, 1.54) is 28.8 Å². The Hall–Kier alpha value is -2.55. The van der Waals surface area contributed by atoms with Gasteiger partial charge in [-0.2, -0.15) is 13.2 Å². The van der Waals surface area contributed by atoms with Crippen molar-refractivity contribution in [1.82, 2.24) is 9.55 Å². The number of alkyl halides is 3. The Balaban J connectivity index is 1.88. The van der Waals surface area contributed by atoms with Crippen LogP contribution in [-0.4, -0.2) is 33.9 Å². The summed E-state index contributed by atoms with van der Waals surface area (Å²) < 4.78 is 40.2. The van der Waals surface area contributed by atoms with Crippen molar-refractivity contribution in [3.05, 3.63) is 74.5 Å². The van der Waals surface area contributed by atoms with Crippen molar-refractivity contribution in [2.45, 2.75) is 25.1 Å². The molecule has 1 aromatic heterocycles. The summed E-state index contributed by atoms with van der Waals surface area (Å²) in [6.07, 6.45) is -3.81. The van der Waals surface area contributed by atoms with Gasteiger partial charge < -0.3 is 10.0 Å². The van der Waals surface area contributed by atoms with E-state index < -0.39 is 23.4 Å². The largest absolute Gasteiger partial charge is 0.416 e. The van der Waals surface area contributed by atoms with Crippen molar-refractivity contribution in [2.75, 3.05) is 18.0 Å². The first-order valence-electron chi connectivity index (χ1n) is 9.83. The highest BCUT2D eigenvalue weighted by molar-refractivity contribution is 6.36. The van der Waals surface area contributed by atoms with Crippen LogP contribution < -0.4 is 10.5 Å². The number of hydrogen-bond donors (Lipinski definition) is 1. The molecule has 2 heterocycles. The third-order valence-electron chi connectivity index (χ3n) is 5.32. The Kier molecular flexibility index (Phi) is 6.20. The summed E-state index contributed by atoms with van der Waals surface area (Å²) in [6, 6.07) is 10.3. The molecular weight excluding hydrogens is 466 g/mol. The van der Waals surface area contributed by atoms with Gasteiger partial charge in [0, 0.05) is 29.7 Å². The molecule has 0 unspecified atom stereocenters. The van der Waals surface area contributed by atoms with Crippen LogP contribution in [0.2, 0.25) is 10.0 Å². The minimum atomic E-state index is -4.49. The fourth-order valence-corrected chi connectivity index (χ4v) is 4.12. The third kappa shape index (κ3) is 4.62. The van der Waals surface area contributed by atoms with Crippen LogP contribution >= 0.6 is 23.2 Å². The van der Waals surface area contributed by atoms with Gasteiger partial charge in [0.25, 0.3) is 5.56 Å². The predicted octanol–water partition coefficient (Wildman–Crippen LogP) is 5.19. The van der Waals surface area contributed by atoms with E-state index in [0.29, 0.717) is 42.3 Å². The summed E-state index contributed by atoms with van der Waals surface area (Å²) >= 11 is 12.4. The minimum Gasteiger partial charge on any atom is -0.393 e. The molecule has 1 aliphatic heterocycles. The van der Waals surface area contributed by atoms with E-state index in [1.54, 1.807) is 12.1 Å². The lowest BCUT2D eigenvalue weighted by Crippen LogP contribution is -2.37. The molecule has 168 valence electrons. The molecule has 10 heteroatoms. The van der Waals surface area contributed by atoms with Crippen LogP contribution in [0.1, 0.15) is 18.4 Å². The van der Waals surface area contributed by atoms with Crippen molar-refractivity contribution >= 4 is 29.0 Å². The first-order valence-corrected chi connectivity index (χ1v) is 10.6. The molecule has 32 heavy (non-hydrogen) atoms. The summed E-state index contributed by atoms with van der Waals surface area (Å²) in [5, 5.41) is 10.4. The number of anilines is 1. The van der Waals surface area contributed by atoms with Gasteiger partial charge in [-0.05, 0) is 55.3 Å². The van der Waals surface area contributed by atoms with Crippen LogP contribution in [0, 0.1) is 0 Å². The first-order chi connectivity index (χ1) is 15.1. The number of hydrogen-bond acceptors (Lipinski definition) is 4. The van der Waals surface area contributed by atoms with Crippen LogP contribution in [0.5, 0.6) is 0 Å². The number of nitrogens with zero attached hydrogens (tertiary/aromatic N) is 3. The quantitative estimate of drug-likeness (QED) is 0.557. The lowest BCUT2D eigenvalue weighted by atomic mass is 10.1. The molecule has 0 bridgehead atoms. The number of piperidine rings is 1. The number of halogens is 5. The normalized spacial score (nSPS) is 15.2. The van der Waals surface area contributed by atoms with E-state index in [-0.39, 0.29) is 16.5 Å². The molecule has 0 aliphatic carbocycles. The molecule has 3 aromatic rings.